The lowest BCUT2D eigenvalue weighted by Gasteiger charge is -2.23. The highest BCUT2D eigenvalue weighted by atomic mass is 16.2. The molecule has 0 aliphatic carbocycles. The number of rotatable bonds is 2. The summed E-state index contributed by atoms with van der Waals surface area (Å²) in [4.78, 5) is 24.6. The molecule has 0 aromatic heterocycles. The van der Waals surface area contributed by atoms with Crippen LogP contribution in [0.15, 0.2) is 0 Å². The van der Waals surface area contributed by atoms with Crippen LogP contribution in [0, 0.1) is 5.92 Å². The summed E-state index contributed by atoms with van der Waals surface area (Å²) in [5, 5.41) is 2.85. The van der Waals surface area contributed by atoms with Crippen LogP contribution in [0.5, 0.6) is 0 Å². The standard InChI is InChI=1S/C11H20N2O2/c1-8-5-10(15)13(6-8)7-9(14)12-11(2,3)4/h8H,5-7H2,1-4H3,(H,12,14). The molecular weight excluding hydrogens is 192 g/mol. The maximum atomic E-state index is 11.6. The number of carbonyl (C=O) groups excluding carboxylic acids is 2. The topological polar surface area (TPSA) is 49.4 Å². The lowest BCUT2D eigenvalue weighted by atomic mass is 10.1. The largest absolute Gasteiger partial charge is 0.350 e. The Morgan fingerprint density at radius 3 is 2.53 bits per heavy atom. The third-order valence-electron chi connectivity index (χ3n) is 2.26. The highest BCUT2D eigenvalue weighted by Gasteiger charge is 2.28. The second-order valence-corrected chi connectivity index (χ2v) is 5.38. The van der Waals surface area contributed by atoms with Gasteiger partial charge in [-0.15, -0.1) is 0 Å². The van der Waals surface area contributed by atoms with Crippen molar-refractivity contribution in [3.63, 3.8) is 0 Å². The van der Waals surface area contributed by atoms with Gasteiger partial charge < -0.3 is 10.2 Å². The van der Waals surface area contributed by atoms with Crippen LogP contribution >= 0.6 is 0 Å². The van der Waals surface area contributed by atoms with Crippen molar-refractivity contribution in [1.82, 2.24) is 10.2 Å². The maximum Gasteiger partial charge on any atom is 0.240 e. The van der Waals surface area contributed by atoms with Crippen LogP contribution in [-0.2, 0) is 9.59 Å². The van der Waals surface area contributed by atoms with Gasteiger partial charge in [-0.3, -0.25) is 9.59 Å². The Hall–Kier alpha value is -1.06. The molecule has 1 unspecified atom stereocenters. The van der Waals surface area contributed by atoms with E-state index in [1.54, 1.807) is 4.90 Å². The van der Waals surface area contributed by atoms with Crippen LogP contribution < -0.4 is 5.32 Å². The molecule has 0 saturated carbocycles. The van der Waals surface area contributed by atoms with Gasteiger partial charge in [-0.2, -0.15) is 0 Å². The van der Waals surface area contributed by atoms with E-state index < -0.39 is 0 Å². The Kier molecular flexibility index (Phi) is 3.37. The zero-order chi connectivity index (χ0) is 11.6. The number of hydrogen-bond donors (Lipinski definition) is 1. The van der Waals surface area contributed by atoms with Crippen LogP contribution in [0.2, 0.25) is 0 Å². The van der Waals surface area contributed by atoms with Gasteiger partial charge in [-0.1, -0.05) is 6.92 Å². The van der Waals surface area contributed by atoms with Gasteiger partial charge in [0, 0.05) is 18.5 Å². The molecule has 4 nitrogen and oxygen atoms in total. The van der Waals surface area contributed by atoms with Gasteiger partial charge in [0.05, 0.1) is 6.54 Å². The quantitative estimate of drug-likeness (QED) is 0.735. The van der Waals surface area contributed by atoms with E-state index in [0.717, 1.165) is 0 Å². The fraction of sp³-hybridized carbons (Fsp3) is 0.818. The molecule has 86 valence electrons. The zero-order valence-corrected chi connectivity index (χ0v) is 9.96. The molecule has 0 bridgehead atoms. The van der Waals surface area contributed by atoms with Gasteiger partial charge in [0.1, 0.15) is 0 Å². The number of nitrogens with one attached hydrogen (secondary N) is 1. The summed E-state index contributed by atoms with van der Waals surface area (Å²) < 4.78 is 0. The summed E-state index contributed by atoms with van der Waals surface area (Å²) in [5.41, 5.74) is -0.231. The Labute approximate surface area is 91.0 Å². The predicted octanol–water partition coefficient (Wildman–Crippen LogP) is 0.769. The average molecular weight is 212 g/mol. The van der Waals surface area contributed by atoms with Gasteiger partial charge in [0.25, 0.3) is 0 Å². The predicted molar refractivity (Wildman–Crippen MR) is 58.3 cm³/mol. The first-order valence-electron chi connectivity index (χ1n) is 5.37. The molecule has 0 aromatic carbocycles. The Balaban J connectivity index is 2.42. The van der Waals surface area contributed by atoms with Crippen molar-refractivity contribution in [3.05, 3.63) is 0 Å². The van der Waals surface area contributed by atoms with Crippen LogP contribution in [0.3, 0.4) is 0 Å². The molecule has 4 heteroatoms. The van der Waals surface area contributed by atoms with Crippen molar-refractivity contribution in [1.29, 1.82) is 0 Å². The fourth-order valence-corrected chi connectivity index (χ4v) is 1.75. The lowest BCUT2D eigenvalue weighted by molar-refractivity contribution is -0.133. The molecule has 15 heavy (non-hydrogen) atoms. The average Bonchev–Trinajstić information content (AvgIpc) is 2.25. The molecule has 1 aliphatic rings. The molecule has 1 aliphatic heterocycles. The molecule has 0 spiro atoms. The Bertz CT molecular complexity index is 268. The summed E-state index contributed by atoms with van der Waals surface area (Å²) in [7, 11) is 0. The van der Waals surface area contributed by atoms with Crippen LogP contribution in [0.25, 0.3) is 0 Å². The van der Waals surface area contributed by atoms with E-state index in [2.05, 4.69) is 5.32 Å². The van der Waals surface area contributed by atoms with E-state index in [1.165, 1.54) is 0 Å². The van der Waals surface area contributed by atoms with Gasteiger partial charge in [-0.25, -0.2) is 0 Å². The van der Waals surface area contributed by atoms with Crippen LogP contribution in [0.4, 0.5) is 0 Å². The van der Waals surface area contributed by atoms with Crippen molar-refractivity contribution in [3.8, 4) is 0 Å². The van der Waals surface area contributed by atoms with Crippen molar-refractivity contribution in [2.24, 2.45) is 5.92 Å². The fourth-order valence-electron chi connectivity index (χ4n) is 1.75. The second kappa shape index (κ2) is 4.21. The Morgan fingerprint density at radius 2 is 2.13 bits per heavy atom. The second-order valence-electron chi connectivity index (χ2n) is 5.38. The smallest absolute Gasteiger partial charge is 0.240 e. The molecule has 1 saturated heterocycles. The molecule has 1 rings (SSSR count). The van der Waals surface area contributed by atoms with E-state index in [-0.39, 0.29) is 23.9 Å². The summed E-state index contributed by atoms with van der Waals surface area (Å²) in [6.07, 6.45) is 0.572. The van der Waals surface area contributed by atoms with Gasteiger partial charge in [0.2, 0.25) is 11.8 Å². The Morgan fingerprint density at radius 1 is 1.53 bits per heavy atom. The number of amides is 2. The third-order valence-corrected chi connectivity index (χ3v) is 2.26. The highest BCUT2D eigenvalue weighted by molar-refractivity contribution is 5.86. The van der Waals surface area contributed by atoms with Gasteiger partial charge >= 0.3 is 0 Å². The van der Waals surface area contributed by atoms with Gasteiger partial charge in [0.15, 0.2) is 0 Å². The minimum Gasteiger partial charge on any atom is -0.350 e. The molecule has 1 atom stereocenters. The highest BCUT2D eigenvalue weighted by Crippen LogP contribution is 2.16. The number of likely N-dealkylation sites (tertiary alicyclic amines) is 1. The molecule has 1 fully saturated rings. The number of hydrogen-bond acceptors (Lipinski definition) is 2. The van der Waals surface area contributed by atoms with Crippen molar-refractivity contribution >= 4 is 11.8 Å². The van der Waals surface area contributed by atoms with Crippen LogP contribution in [-0.4, -0.2) is 35.3 Å². The minimum atomic E-state index is -0.231. The monoisotopic (exact) mass is 212 g/mol. The number of nitrogens with zero attached hydrogens (tertiary/aromatic N) is 1. The zero-order valence-electron chi connectivity index (χ0n) is 9.96. The van der Waals surface area contributed by atoms with E-state index in [9.17, 15) is 9.59 Å². The molecule has 1 N–H and O–H groups in total. The molecule has 2 amide bonds. The molecule has 1 heterocycles. The van der Waals surface area contributed by atoms with E-state index in [0.29, 0.717) is 18.9 Å². The van der Waals surface area contributed by atoms with Crippen LogP contribution in [0.1, 0.15) is 34.1 Å². The third kappa shape index (κ3) is 3.90. The summed E-state index contributed by atoms with van der Waals surface area (Å²) in [6.45, 7) is 8.72. The van der Waals surface area contributed by atoms with Crippen molar-refractivity contribution in [2.75, 3.05) is 13.1 Å². The first-order valence-corrected chi connectivity index (χ1v) is 5.37. The molecule has 0 radical (unpaired) electrons. The summed E-state index contributed by atoms with van der Waals surface area (Å²) in [6, 6.07) is 0. The summed E-state index contributed by atoms with van der Waals surface area (Å²) >= 11 is 0. The first-order chi connectivity index (χ1) is 6.78. The normalized spacial score (nSPS) is 22.0. The molecule has 0 aromatic rings. The summed E-state index contributed by atoms with van der Waals surface area (Å²) in [5.74, 6) is 0.386. The van der Waals surface area contributed by atoms with Crippen molar-refractivity contribution < 1.29 is 9.59 Å². The SMILES string of the molecule is CC1CC(=O)N(CC(=O)NC(C)(C)C)C1. The van der Waals surface area contributed by atoms with E-state index >= 15 is 0 Å². The van der Waals surface area contributed by atoms with Gasteiger partial charge in [-0.05, 0) is 26.7 Å². The van der Waals surface area contributed by atoms with E-state index in [4.69, 9.17) is 0 Å². The number of carbonyl (C=O) groups is 2. The lowest BCUT2D eigenvalue weighted by Crippen LogP contribution is -2.46. The molecular formula is C11H20N2O2. The first kappa shape index (κ1) is 12.0. The van der Waals surface area contributed by atoms with E-state index in [1.807, 2.05) is 27.7 Å². The maximum absolute atomic E-state index is 11.6. The minimum absolute atomic E-state index is 0.0787. The van der Waals surface area contributed by atoms with Crippen molar-refractivity contribution in [2.45, 2.75) is 39.7 Å².